The highest BCUT2D eigenvalue weighted by molar-refractivity contribution is 5.80. The van der Waals surface area contributed by atoms with Crippen molar-refractivity contribution in [2.24, 2.45) is 0 Å². The summed E-state index contributed by atoms with van der Waals surface area (Å²) >= 11 is 0. The molecule has 1 aromatic carbocycles. The van der Waals surface area contributed by atoms with Gasteiger partial charge in [-0.05, 0) is 12.0 Å². The number of fused-ring (bicyclic) bond motifs is 5. The highest BCUT2D eigenvalue weighted by Crippen LogP contribution is 2.33. The molecule has 5 heteroatoms. The van der Waals surface area contributed by atoms with Crippen molar-refractivity contribution >= 4 is 17.1 Å². The second kappa shape index (κ2) is 5.99. The fraction of sp³-hybridized carbons (Fsp3) is 0.389. The van der Waals surface area contributed by atoms with Gasteiger partial charge in [-0.1, -0.05) is 50.5 Å². The minimum atomic E-state index is 0.702. The van der Waals surface area contributed by atoms with Crippen molar-refractivity contribution in [1.29, 1.82) is 0 Å². The summed E-state index contributed by atoms with van der Waals surface area (Å²) in [6, 6.07) is 8.42. The van der Waals surface area contributed by atoms with E-state index in [1.54, 1.807) is 0 Å². The Bertz CT molecular complexity index is 837. The Kier molecular flexibility index (Phi) is 3.69. The molecular weight excluding hydrogens is 286 g/mol. The average molecular weight is 307 g/mol. The first-order valence-electron chi connectivity index (χ1n) is 8.42. The molecule has 0 saturated heterocycles. The van der Waals surface area contributed by atoms with Crippen LogP contribution in [0.15, 0.2) is 30.5 Å². The van der Waals surface area contributed by atoms with Crippen molar-refractivity contribution in [3.8, 4) is 11.4 Å². The first kappa shape index (κ1) is 14.2. The van der Waals surface area contributed by atoms with Crippen molar-refractivity contribution in [3.63, 3.8) is 0 Å². The summed E-state index contributed by atoms with van der Waals surface area (Å²) in [6.07, 6.45) is 6.78. The van der Waals surface area contributed by atoms with Gasteiger partial charge in [-0.3, -0.25) is 0 Å². The quantitative estimate of drug-likeness (QED) is 0.550. The number of imidazole rings is 1. The third-order valence-corrected chi connectivity index (χ3v) is 4.39. The molecule has 0 aliphatic carbocycles. The normalized spacial score (nSPS) is 12.4. The molecule has 1 aliphatic heterocycles. The number of anilines is 1. The Morgan fingerprint density at radius 3 is 2.96 bits per heavy atom. The van der Waals surface area contributed by atoms with Gasteiger partial charge in [0.25, 0.3) is 0 Å². The SMILES string of the molecule is CCCCCCNc1ncc2nc3n(c2n1)Cc1ccccc1-3. The van der Waals surface area contributed by atoms with Crippen molar-refractivity contribution < 1.29 is 0 Å². The molecule has 0 radical (unpaired) electrons. The minimum Gasteiger partial charge on any atom is -0.354 e. The van der Waals surface area contributed by atoms with Gasteiger partial charge in [0.2, 0.25) is 5.95 Å². The van der Waals surface area contributed by atoms with Crippen LogP contribution >= 0.6 is 0 Å². The Labute approximate surface area is 135 Å². The van der Waals surface area contributed by atoms with Crippen LogP contribution in [0.3, 0.4) is 0 Å². The van der Waals surface area contributed by atoms with Crippen LogP contribution in [-0.4, -0.2) is 26.1 Å². The first-order valence-corrected chi connectivity index (χ1v) is 8.42. The van der Waals surface area contributed by atoms with Gasteiger partial charge in [0.1, 0.15) is 11.3 Å². The number of hydrogen-bond acceptors (Lipinski definition) is 4. The standard InChI is InChI=1S/C18H21N5/c1-2-3-4-7-10-19-18-20-11-15-17(22-18)23-12-13-8-5-6-9-14(13)16(23)21-15/h5-6,8-9,11H,2-4,7,10,12H2,1H3,(H,19,20,22). The summed E-state index contributed by atoms with van der Waals surface area (Å²) in [4.78, 5) is 13.8. The van der Waals surface area contributed by atoms with E-state index in [4.69, 9.17) is 4.98 Å². The molecule has 2 aromatic heterocycles. The lowest BCUT2D eigenvalue weighted by molar-refractivity contribution is 0.683. The molecule has 23 heavy (non-hydrogen) atoms. The van der Waals surface area contributed by atoms with Gasteiger partial charge in [-0.15, -0.1) is 0 Å². The third-order valence-electron chi connectivity index (χ3n) is 4.39. The number of rotatable bonds is 6. The van der Waals surface area contributed by atoms with Crippen LogP contribution < -0.4 is 5.32 Å². The van der Waals surface area contributed by atoms with E-state index < -0.39 is 0 Å². The van der Waals surface area contributed by atoms with Crippen LogP contribution in [0, 0.1) is 0 Å². The molecule has 0 spiro atoms. The minimum absolute atomic E-state index is 0.702. The van der Waals surface area contributed by atoms with E-state index in [1.165, 1.54) is 30.4 Å². The molecule has 1 N–H and O–H groups in total. The van der Waals surface area contributed by atoms with Gasteiger partial charge >= 0.3 is 0 Å². The van der Waals surface area contributed by atoms with E-state index in [2.05, 4.69) is 51.0 Å². The van der Waals surface area contributed by atoms with Crippen molar-refractivity contribution in [3.05, 3.63) is 36.0 Å². The number of hydrogen-bond donors (Lipinski definition) is 1. The van der Waals surface area contributed by atoms with Gasteiger partial charge in [0.05, 0.1) is 12.7 Å². The molecule has 0 atom stereocenters. The molecule has 0 bridgehead atoms. The molecule has 4 rings (SSSR count). The first-order chi connectivity index (χ1) is 11.4. The topological polar surface area (TPSA) is 55.6 Å². The van der Waals surface area contributed by atoms with Gasteiger partial charge in [-0.2, -0.15) is 4.98 Å². The van der Waals surface area contributed by atoms with Crippen LogP contribution in [0.25, 0.3) is 22.6 Å². The lowest BCUT2D eigenvalue weighted by atomic mass is 10.1. The maximum absolute atomic E-state index is 4.71. The summed E-state index contributed by atoms with van der Waals surface area (Å²) in [5, 5.41) is 3.33. The maximum atomic E-state index is 4.71. The number of nitrogens with zero attached hydrogens (tertiary/aromatic N) is 4. The lowest BCUT2D eigenvalue weighted by Crippen LogP contribution is -2.06. The molecule has 118 valence electrons. The fourth-order valence-electron chi connectivity index (χ4n) is 3.16. The smallest absolute Gasteiger partial charge is 0.224 e. The Hall–Kier alpha value is -2.43. The number of nitrogens with one attached hydrogen (secondary N) is 1. The van der Waals surface area contributed by atoms with Crippen LogP contribution in [0.4, 0.5) is 5.95 Å². The molecule has 0 fully saturated rings. The molecule has 1 aliphatic rings. The zero-order valence-electron chi connectivity index (χ0n) is 13.4. The molecule has 3 heterocycles. The Morgan fingerprint density at radius 1 is 1.13 bits per heavy atom. The summed E-state index contributed by atoms with van der Waals surface area (Å²) in [6.45, 7) is 3.99. The largest absolute Gasteiger partial charge is 0.354 e. The molecule has 3 aromatic rings. The third kappa shape index (κ3) is 2.56. The van der Waals surface area contributed by atoms with Crippen LogP contribution in [0.2, 0.25) is 0 Å². The van der Waals surface area contributed by atoms with Gasteiger partial charge in [0, 0.05) is 12.1 Å². The van der Waals surface area contributed by atoms with Gasteiger partial charge in [-0.25, -0.2) is 9.97 Å². The second-order valence-electron chi connectivity index (χ2n) is 6.07. The zero-order valence-corrected chi connectivity index (χ0v) is 13.4. The Balaban J connectivity index is 1.57. The number of aromatic nitrogens is 4. The van der Waals surface area contributed by atoms with Crippen molar-refractivity contribution in [2.75, 3.05) is 11.9 Å². The molecule has 0 amide bonds. The summed E-state index contributed by atoms with van der Waals surface area (Å²) in [7, 11) is 0. The predicted octanol–water partition coefficient (Wildman–Crippen LogP) is 3.85. The van der Waals surface area contributed by atoms with E-state index in [9.17, 15) is 0 Å². The van der Waals surface area contributed by atoms with E-state index in [0.717, 1.165) is 36.5 Å². The number of benzene rings is 1. The van der Waals surface area contributed by atoms with Crippen LogP contribution in [0.5, 0.6) is 0 Å². The summed E-state index contributed by atoms with van der Waals surface area (Å²) in [5.74, 6) is 1.71. The fourth-order valence-corrected chi connectivity index (χ4v) is 3.16. The monoisotopic (exact) mass is 307 g/mol. The van der Waals surface area contributed by atoms with E-state index in [-0.39, 0.29) is 0 Å². The molecule has 0 saturated carbocycles. The highest BCUT2D eigenvalue weighted by Gasteiger charge is 2.23. The maximum Gasteiger partial charge on any atom is 0.224 e. The van der Waals surface area contributed by atoms with Crippen LogP contribution in [0.1, 0.15) is 38.2 Å². The van der Waals surface area contributed by atoms with E-state index >= 15 is 0 Å². The van der Waals surface area contributed by atoms with Gasteiger partial charge in [0.15, 0.2) is 5.65 Å². The van der Waals surface area contributed by atoms with E-state index in [1.807, 2.05) is 6.20 Å². The van der Waals surface area contributed by atoms with E-state index in [0.29, 0.717) is 5.95 Å². The molecule has 5 nitrogen and oxygen atoms in total. The lowest BCUT2D eigenvalue weighted by Gasteiger charge is -2.05. The zero-order chi connectivity index (χ0) is 15.6. The summed E-state index contributed by atoms with van der Waals surface area (Å²) in [5.41, 5.74) is 4.30. The van der Waals surface area contributed by atoms with Crippen molar-refractivity contribution in [1.82, 2.24) is 19.5 Å². The highest BCUT2D eigenvalue weighted by atomic mass is 15.2. The Morgan fingerprint density at radius 2 is 2.04 bits per heavy atom. The van der Waals surface area contributed by atoms with Gasteiger partial charge < -0.3 is 9.88 Å². The summed E-state index contributed by atoms with van der Waals surface area (Å²) < 4.78 is 2.18. The molecule has 0 unspecified atom stereocenters. The van der Waals surface area contributed by atoms with Crippen molar-refractivity contribution in [2.45, 2.75) is 39.2 Å². The number of unbranched alkanes of at least 4 members (excludes halogenated alkanes) is 3. The molecular formula is C18H21N5. The van der Waals surface area contributed by atoms with Crippen LogP contribution in [-0.2, 0) is 6.54 Å². The predicted molar refractivity (Wildman–Crippen MR) is 92.5 cm³/mol. The second-order valence-corrected chi connectivity index (χ2v) is 6.07. The average Bonchev–Trinajstić information content (AvgIpc) is 3.11.